The highest BCUT2D eigenvalue weighted by Crippen LogP contribution is 2.27. The zero-order valence-corrected chi connectivity index (χ0v) is 25.1. The van der Waals surface area contributed by atoms with Crippen molar-refractivity contribution in [2.24, 2.45) is 5.41 Å². The van der Waals surface area contributed by atoms with Crippen LogP contribution in [0.4, 0.5) is 0 Å². The van der Waals surface area contributed by atoms with Crippen molar-refractivity contribution in [2.75, 3.05) is 85.7 Å². The van der Waals surface area contributed by atoms with Crippen LogP contribution in [0.5, 0.6) is 0 Å². The van der Waals surface area contributed by atoms with Crippen molar-refractivity contribution in [2.45, 2.75) is 13.3 Å². The lowest BCUT2D eigenvalue weighted by atomic mass is 9.86. The normalized spacial score (nSPS) is 14.9. The molecular weight excluding hydrogens is 598 g/mol. The molecule has 0 atom stereocenters. The summed E-state index contributed by atoms with van der Waals surface area (Å²) >= 11 is 0. The number of imide groups is 3. The molecule has 0 saturated carbocycles. The summed E-state index contributed by atoms with van der Waals surface area (Å²) in [5.41, 5.74) is -1.43. The summed E-state index contributed by atoms with van der Waals surface area (Å²) < 4.78 is 27.1. The lowest BCUT2D eigenvalue weighted by Gasteiger charge is -2.40. The fourth-order valence-corrected chi connectivity index (χ4v) is 4.23. The Morgan fingerprint density at radius 3 is 1.51 bits per heavy atom. The van der Waals surface area contributed by atoms with Crippen molar-refractivity contribution in [3.05, 3.63) is 36.5 Å². The SMILES string of the molecule is C/C=C\C(=O)N(C=O)CC(COCCOCCOCCOCCOCCC(=O)O)(CN1C(=O)C=CC1=O)CN1C(=O)C=CC1=O. The summed E-state index contributed by atoms with van der Waals surface area (Å²) in [6.07, 6.45) is 7.11. The van der Waals surface area contributed by atoms with Crippen molar-refractivity contribution < 1.29 is 62.4 Å². The quantitative estimate of drug-likeness (QED) is 0.0551. The number of hydrogen-bond donors (Lipinski definition) is 1. The van der Waals surface area contributed by atoms with Gasteiger partial charge in [-0.1, -0.05) is 6.08 Å². The third-order valence-electron chi connectivity index (χ3n) is 6.37. The monoisotopic (exact) mass is 637 g/mol. The third kappa shape index (κ3) is 13.2. The minimum absolute atomic E-state index is 0.0247. The van der Waals surface area contributed by atoms with Gasteiger partial charge in [0.2, 0.25) is 6.41 Å². The third-order valence-corrected chi connectivity index (χ3v) is 6.37. The fourth-order valence-electron chi connectivity index (χ4n) is 4.23. The fraction of sp³-hybridized carbons (Fsp3) is 0.552. The number of rotatable bonds is 25. The summed E-state index contributed by atoms with van der Waals surface area (Å²) in [4.78, 5) is 87.3. The van der Waals surface area contributed by atoms with E-state index in [-0.39, 0.29) is 72.3 Å². The Labute approximate surface area is 260 Å². The van der Waals surface area contributed by atoms with Crippen LogP contribution in [0.15, 0.2) is 36.5 Å². The highest BCUT2D eigenvalue weighted by atomic mass is 16.6. The maximum Gasteiger partial charge on any atom is 0.305 e. The molecule has 1 N–H and O–H groups in total. The number of carbonyl (C=O) groups is 7. The average Bonchev–Trinajstić information content (AvgIpc) is 3.49. The minimum Gasteiger partial charge on any atom is -0.481 e. The van der Waals surface area contributed by atoms with E-state index < -0.39 is 40.9 Å². The van der Waals surface area contributed by atoms with Crippen molar-refractivity contribution in [3.8, 4) is 0 Å². The number of carbonyl (C=O) groups excluding carboxylic acids is 6. The molecule has 0 aromatic heterocycles. The Balaban J connectivity index is 1.90. The summed E-state index contributed by atoms with van der Waals surface area (Å²) in [7, 11) is 0. The van der Waals surface area contributed by atoms with E-state index in [0.29, 0.717) is 26.2 Å². The maximum atomic E-state index is 12.6. The Morgan fingerprint density at radius 1 is 0.733 bits per heavy atom. The zero-order chi connectivity index (χ0) is 33.1. The topological polar surface area (TPSA) is 196 Å². The van der Waals surface area contributed by atoms with E-state index in [4.69, 9.17) is 28.8 Å². The molecule has 0 radical (unpaired) electrons. The van der Waals surface area contributed by atoms with Crippen LogP contribution >= 0.6 is 0 Å². The van der Waals surface area contributed by atoms with Gasteiger partial charge in [0.05, 0.1) is 72.5 Å². The summed E-state index contributed by atoms with van der Waals surface area (Å²) in [6.45, 7) is 2.21. The summed E-state index contributed by atoms with van der Waals surface area (Å²) in [5.74, 6) is -4.12. The van der Waals surface area contributed by atoms with E-state index in [1.165, 1.54) is 6.08 Å². The molecule has 0 aromatic carbocycles. The standard InChI is InChI=1S/C29H39N3O13/c1-2-3-23(34)30(22-33)18-29(19-31-24(35)4-5-25(31)36,20-32-26(37)6-7-27(32)38)21-45-17-16-44-15-14-43-13-12-42-11-10-41-9-8-28(39)40/h2-7,22H,8-21H2,1H3,(H,39,40)/b3-2-. The Kier molecular flexibility index (Phi) is 16.5. The van der Waals surface area contributed by atoms with Crippen molar-refractivity contribution in [1.82, 2.24) is 14.7 Å². The number of nitrogens with zero attached hydrogens (tertiary/aromatic N) is 3. The average molecular weight is 638 g/mol. The van der Waals surface area contributed by atoms with Gasteiger partial charge in [0.15, 0.2) is 0 Å². The van der Waals surface area contributed by atoms with E-state index in [1.54, 1.807) is 6.92 Å². The largest absolute Gasteiger partial charge is 0.481 e. The number of hydrogen-bond acceptors (Lipinski definition) is 12. The van der Waals surface area contributed by atoms with E-state index in [1.807, 2.05) is 0 Å². The Bertz CT molecular complexity index is 1070. The second-order valence-corrected chi connectivity index (χ2v) is 9.91. The molecule has 0 unspecified atom stereocenters. The van der Waals surface area contributed by atoms with Crippen LogP contribution in [0.25, 0.3) is 0 Å². The predicted molar refractivity (Wildman–Crippen MR) is 153 cm³/mol. The Morgan fingerprint density at radius 2 is 1.13 bits per heavy atom. The van der Waals surface area contributed by atoms with Gasteiger partial charge in [0, 0.05) is 49.4 Å². The molecule has 0 aromatic rings. The maximum absolute atomic E-state index is 12.6. The lowest BCUT2D eigenvalue weighted by molar-refractivity contribution is -0.145. The summed E-state index contributed by atoms with van der Waals surface area (Å²) in [5, 5.41) is 8.53. The molecule has 2 heterocycles. The summed E-state index contributed by atoms with van der Waals surface area (Å²) in [6, 6.07) is 0. The molecule has 2 aliphatic rings. The number of carboxylic acid groups (broad SMARTS) is 1. The molecule has 0 spiro atoms. The van der Waals surface area contributed by atoms with Crippen LogP contribution in [0, 0.1) is 5.41 Å². The molecule has 248 valence electrons. The molecule has 2 rings (SSSR count). The number of aliphatic carboxylic acids is 1. The van der Waals surface area contributed by atoms with Crippen LogP contribution in [0.1, 0.15) is 13.3 Å². The minimum atomic E-state index is -1.43. The van der Waals surface area contributed by atoms with Gasteiger partial charge in [-0.15, -0.1) is 0 Å². The first-order valence-corrected chi connectivity index (χ1v) is 14.2. The lowest BCUT2D eigenvalue weighted by Crippen LogP contribution is -2.56. The zero-order valence-electron chi connectivity index (χ0n) is 25.1. The van der Waals surface area contributed by atoms with Gasteiger partial charge < -0.3 is 28.8 Å². The number of allylic oxidation sites excluding steroid dienone is 1. The van der Waals surface area contributed by atoms with E-state index >= 15 is 0 Å². The second-order valence-electron chi connectivity index (χ2n) is 9.91. The molecular formula is C29H39N3O13. The molecule has 0 fully saturated rings. The molecule has 45 heavy (non-hydrogen) atoms. The van der Waals surface area contributed by atoms with Gasteiger partial charge in [0.25, 0.3) is 29.5 Å². The van der Waals surface area contributed by atoms with Crippen molar-refractivity contribution in [1.29, 1.82) is 0 Å². The van der Waals surface area contributed by atoms with Crippen LogP contribution in [-0.2, 0) is 57.2 Å². The van der Waals surface area contributed by atoms with Crippen LogP contribution < -0.4 is 0 Å². The van der Waals surface area contributed by atoms with Gasteiger partial charge >= 0.3 is 5.97 Å². The molecule has 0 saturated heterocycles. The number of carboxylic acids is 1. The first-order valence-electron chi connectivity index (χ1n) is 14.2. The van der Waals surface area contributed by atoms with Gasteiger partial charge in [-0.2, -0.15) is 0 Å². The van der Waals surface area contributed by atoms with Crippen LogP contribution in [0.3, 0.4) is 0 Å². The van der Waals surface area contributed by atoms with Crippen molar-refractivity contribution in [3.63, 3.8) is 0 Å². The van der Waals surface area contributed by atoms with E-state index in [0.717, 1.165) is 45.1 Å². The molecule has 16 nitrogen and oxygen atoms in total. The highest BCUT2D eigenvalue weighted by molar-refractivity contribution is 6.13. The first kappa shape index (κ1) is 37.1. The molecule has 6 amide bonds. The molecule has 16 heteroatoms. The smallest absolute Gasteiger partial charge is 0.305 e. The van der Waals surface area contributed by atoms with E-state index in [9.17, 15) is 33.6 Å². The van der Waals surface area contributed by atoms with Crippen LogP contribution in [0.2, 0.25) is 0 Å². The van der Waals surface area contributed by atoms with Gasteiger partial charge in [0.1, 0.15) is 0 Å². The number of ether oxygens (including phenoxy) is 5. The van der Waals surface area contributed by atoms with Crippen LogP contribution in [-0.4, -0.2) is 147 Å². The first-order chi connectivity index (χ1) is 21.6. The second kappa shape index (κ2) is 20.0. The van der Waals surface area contributed by atoms with Gasteiger partial charge in [-0.05, 0) is 13.0 Å². The Hall–Kier alpha value is -4.09. The van der Waals surface area contributed by atoms with Gasteiger partial charge in [-0.25, -0.2) is 0 Å². The highest BCUT2D eigenvalue weighted by Gasteiger charge is 2.43. The molecule has 0 aliphatic carbocycles. The van der Waals surface area contributed by atoms with E-state index in [2.05, 4.69) is 0 Å². The van der Waals surface area contributed by atoms with Crippen molar-refractivity contribution >= 4 is 41.9 Å². The predicted octanol–water partition coefficient (Wildman–Crippen LogP) is -1.06. The number of amides is 6. The molecule has 2 aliphatic heterocycles. The molecule has 0 bridgehead atoms. The van der Waals surface area contributed by atoms with Gasteiger partial charge in [-0.3, -0.25) is 48.3 Å².